The van der Waals surface area contributed by atoms with Crippen LogP contribution in [0.5, 0.6) is 0 Å². The smallest absolute Gasteiger partial charge is 0.167 e. The normalized spacial score (nSPS) is 15.4. The Kier molecular flexibility index (Phi) is 8.26. The minimum atomic E-state index is -0.706. The number of hydrogen-bond donors (Lipinski definition) is 0. The van der Waals surface area contributed by atoms with Crippen LogP contribution in [-0.2, 0) is 24.7 Å². The Labute approximate surface area is 328 Å². The molecule has 1 aromatic heterocycles. The maximum Gasteiger partial charge on any atom is 0.167 e. The Morgan fingerprint density at radius 1 is 0.607 bits per heavy atom. The number of carbonyl (C=O) groups excluding carboxylic acids is 1. The van der Waals surface area contributed by atoms with E-state index in [4.69, 9.17) is 4.99 Å². The van der Waals surface area contributed by atoms with E-state index in [1.807, 2.05) is 0 Å². The average molecular weight is 723 g/mol. The third kappa shape index (κ3) is 5.33. The molecule has 2 aliphatic rings. The summed E-state index contributed by atoms with van der Waals surface area (Å²) >= 11 is 0. The number of nitrogens with zero attached hydrogens (tertiary/aromatic N) is 2. The highest BCUT2D eigenvalue weighted by atomic mass is 16.1. The second kappa shape index (κ2) is 13.6. The molecule has 8 aromatic rings. The molecular formula is C53H42N2O. The maximum absolute atomic E-state index is 14.8. The largest absolute Gasteiger partial charge is 0.297 e. The lowest BCUT2D eigenvalue weighted by molar-refractivity contribution is 0.0993. The number of aromatic nitrogens is 1. The van der Waals surface area contributed by atoms with Crippen LogP contribution in [0.1, 0.15) is 80.2 Å². The van der Waals surface area contributed by atoms with Crippen LogP contribution in [0.4, 0.5) is 0 Å². The van der Waals surface area contributed by atoms with Crippen LogP contribution in [0.3, 0.4) is 0 Å². The first kappa shape index (κ1) is 33.9. The minimum absolute atomic E-state index is 0.150. The molecule has 0 radical (unpaired) electrons. The summed E-state index contributed by atoms with van der Waals surface area (Å²) in [6, 6.07) is 60.7. The summed E-state index contributed by atoms with van der Waals surface area (Å²) in [7, 11) is 0. The lowest BCUT2D eigenvalue weighted by Crippen LogP contribution is -2.33. The van der Waals surface area contributed by atoms with E-state index in [1.165, 1.54) is 33.4 Å². The first-order chi connectivity index (χ1) is 27.5. The van der Waals surface area contributed by atoms with Gasteiger partial charge in [0.15, 0.2) is 5.78 Å². The molecule has 1 spiro atoms. The fourth-order valence-corrected chi connectivity index (χ4v) is 9.68. The Hall–Kier alpha value is -6.58. The van der Waals surface area contributed by atoms with Gasteiger partial charge in [-0.05, 0) is 88.0 Å². The quantitative estimate of drug-likeness (QED) is 0.132. The van der Waals surface area contributed by atoms with Crippen LogP contribution >= 0.6 is 0 Å². The van der Waals surface area contributed by atoms with Crippen molar-refractivity contribution in [2.45, 2.75) is 44.4 Å². The van der Waals surface area contributed by atoms with E-state index >= 15 is 0 Å². The van der Waals surface area contributed by atoms with Crippen molar-refractivity contribution >= 4 is 39.1 Å². The van der Waals surface area contributed by atoms with Crippen LogP contribution in [-0.4, -0.2) is 16.2 Å². The SMILES string of the molecule is CC(=N/C(=C\C(C)c1ccccc1)c1ccccc1)n1c2ccccc2c2cc3c(cc21)C1(c2ccccc2CCc2ccccc21)c1ccccc1CC3=O. The van der Waals surface area contributed by atoms with Gasteiger partial charge in [-0.1, -0.05) is 165 Å². The molecular weight excluding hydrogens is 681 g/mol. The number of aliphatic imine (C=N–C) groups is 1. The lowest BCUT2D eigenvalue weighted by Gasteiger charge is -2.39. The predicted octanol–water partition coefficient (Wildman–Crippen LogP) is 12.1. The van der Waals surface area contributed by atoms with Crippen LogP contribution in [0.15, 0.2) is 181 Å². The zero-order chi connectivity index (χ0) is 37.8. The number of allylic oxidation sites excluding steroid dienone is 1. The minimum Gasteiger partial charge on any atom is -0.297 e. The lowest BCUT2D eigenvalue weighted by atomic mass is 9.62. The van der Waals surface area contributed by atoms with Crippen LogP contribution in [0.25, 0.3) is 27.5 Å². The summed E-state index contributed by atoms with van der Waals surface area (Å²) < 4.78 is 2.32. The highest BCUT2D eigenvalue weighted by Gasteiger charge is 2.47. The van der Waals surface area contributed by atoms with Crippen molar-refractivity contribution in [1.29, 1.82) is 0 Å². The van der Waals surface area contributed by atoms with Gasteiger partial charge in [0.05, 0.1) is 22.1 Å². The molecule has 56 heavy (non-hydrogen) atoms. The van der Waals surface area contributed by atoms with E-state index in [1.54, 1.807) is 0 Å². The second-order valence-corrected chi connectivity index (χ2v) is 15.4. The van der Waals surface area contributed by atoms with Crippen molar-refractivity contribution in [2.75, 3.05) is 0 Å². The monoisotopic (exact) mass is 722 g/mol. The fourth-order valence-electron chi connectivity index (χ4n) is 9.68. The molecule has 0 saturated carbocycles. The van der Waals surface area contributed by atoms with Crippen molar-refractivity contribution in [2.24, 2.45) is 4.99 Å². The number of fused-ring (bicyclic) bond motifs is 11. The van der Waals surface area contributed by atoms with E-state index in [0.717, 1.165) is 68.4 Å². The molecule has 7 aromatic carbocycles. The van der Waals surface area contributed by atoms with Crippen molar-refractivity contribution < 1.29 is 4.79 Å². The molecule has 270 valence electrons. The fraction of sp³-hybridized carbons (Fsp3) is 0.132. The highest BCUT2D eigenvalue weighted by Crippen LogP contribution is 2.53. The molecule has 0 bridgehead atoms. The predicted molar refractivity (Wildman–Crippen MR) is 231 cm³/mol. The van der Waals surface area contributed by atoms with E-state index in [2.05, 4.69) is 194 Å². The molecule has 3 nitrogen and oxygen atoms in total. The molecule has 10 rings (SSSR count). The van der Waals surface area contributed by atoms with Gasteiger partial charge in [-0.2, -0.15) is 0 Å². The zero-order valence-electron chi connectivity index (χ0n) is 31.7. The van der Waals surface area contributed by atoms with Gasteiger partial charge in [-0.15, -0.1) is 0 Å². The van der Waals surface area contributed by atoms with E-state index in [9.17, 15) is 4.79 Å². The Morgan fingerprint density at radius 2 is 1.16 bits per heavy atom. The standard InChI is InChI=1S/C53H42N2O/c1-35(37-17-5-3-6-18-37)31-49(40-21-7-4-8-22-40)54-36(2)55-50-28-16-12-24-42(50)43-33-44-48(34-51(43)55)53(47-27-15-11-23-41(47)32-52(44)56)45-25-13-9-19-38(45)29-30-39-20-10-14-26-46(39)53/h3-28,31,33-35H,29-30,32H2,1-2H3/b49-31-,54-36?. The maximum atomic E-state index is 14.8. The number of carbonyl (C=O) groups is 1. The van der Waals surface area contributed by atoms with E-state index in [0.29, 0.717) is 6.42 Å². The zero-order valence-corrected chi connectivity index (χ0v) is 31.7. The third-order valence-corrected chi connectivity index (χ3v) is 12.2. The second-order valence-electron chi connectivity index (χ2n) is 15.4. The molecule has 0 aliphatic heterocycles. The molecule has 1 unspecified atom stereocenters. The van der Waals surface area contributed by atoms with Crippen molar-refractivity contribution in [3.8, 4) is 0 Å². The number of Topliss-reactive ketones (excluding diaryl/α,β-unsaturated/α-hetero) is 1. The number of para-hydroxylation sites is 1. The van der Waals surface area contributed by atoms with Gasteiger partial charge in [0.25, 0.3) is 0 Å². The number of aryl methyl sites for hydroxylation is 2. The number of rotatable bonds is 4. The molecule has 2 aliphatic carbocycles. The number of ketones is 1. The highest BCUT2D eigenvalue weighted by molar-refractivity contribution is 6.17. The molecule has 1 heterocycles. The summed E-state index contributed by atoms with van der Waals surface area (Å²) in [5.41, 5.74) is 13.9. The summed E-state index contributed by atoms with van der Waals surface area (Å²) in [5, 5.41) is 2.16. The van der Waals surface area contributed by atoms with Crippen LogP contribution in [0.2, 0.25) is 0 Å². The first-order valence-corrected chi connectivity index (χ1v) is 19.8. The van der Waals surface area contributed by atoms with Crippen molar-refractivity contribution in [1.82, 2.24) is 4.57 Å². The van der Waals surface area contributed by atoms with Gasteiger partial charge in [0.1, 0.15) is 5.84 Å². The molecule has 0 saturated heterocycles. The van der Waals surface area contributed by atoms with Gasteiger partial charge in [0, 0.05) is 28.7 Å². The topological polar surface area (TPSA) is 34.4 Å². The Morgan fingerprint density at radius 3 is 1.84 bits per heavy atom. The van der Waals surface area contributed by atoms with Gasteiger partial charge in [-0.25, -0.2) is 4.99 Å². The first-order valence-electron chi connectivity index (χ1n) is 19.8. The molecule has 1 atom stereocenters. The van der Waals surface area contributed by atoms with E-state index in [-0.39, 0.29) is 11.7 Å². The average Bonchev–Trinajstić information content (AvgIpc) is 3.43. The summed E-state index contributed by atoms with van der Waals surface area (Å²) in [6.45, 7) is 4.35. The number of benzene rings is 7. The summed E-state index contributed by atoms with van der Waals surface area (Å²) in [5.74, 6) is 1.16. The Bertz CT molecular complexity index is 2830. The summed E-state index contributed by atoms with van der Waals surface area (Å²) in [4.78, 5) is 20.3. The third-order valence-electron chi connectivity index (χ3n) is 12.2. The van der Waals surface area contributed by atoms with Gasteiger partial charge in [0.2, 0.25) is 0 Å². The molecule has 3 heteroatoms. The molecule has 0 N–H and O–H groups in total. The van der Waals surface area contributed by atoms with E-state index < -0.39 is 5.41 Å². The van der Waals surface area contributed by atoms with Crippen molar-refractivity contribution in [3.63, 3.8) is 0 Å². The van der Waals surface area contributed by atoms with Gasteiger partial charge < -0.3 is 0 Å². The van der Waals surface area contributed by atoms with Gasteiger partial charge in [-0.3, -0.25) is 9.36 Å². The van der Waals surface area contributed by atoms with Crippen molar-refractivity contribution in [3.05, 3.63) is 232 Å². The molecule has 0 fully saturated rings. The van der Waals surface area contributed by atoms with Crippen LogP contribution < -0.4 is 0 Å². The molecule has 0 amide bonds. The summed E-state index contributed by atoms with van der Waals surface area (Å²) in [6.07, 6.45) is 4.50. The van der Waals surface area contributed by atoms with Crippen LogP contribution in [0, 0.1) is 0 Å². The Balaban J connectivity index is 1.30. The number of hydrogen-bond acceptors (Lipinski definition) is 2. The van der Waals surface area contributed by atoms with Gasteiger partial charge >= 0.3 is 0 Å².